The fraction of sp³-hybridized carbons (Fsp3) is 0.464. The van der Waals surface area contributed by atoms with Crippen LogP contribution in [0.4, 0.5) is 0 Å². The fourth-order valence-corrected chi connectivity index (χ4v) is 4.40. The second-order valence-electron chi connectivity index (χ2n) is 8.64. The number of para-hydroxylation sites is 1. The lowest BCUT2D eigenvalue weighted by atomic mass is 10.1. The van der Waals surface area contributed by atoms with Gasteiger partial charge in [-0.05, 0) is 55.7 Å². The van der Waals surface area contributed by atoms with Crippen LogP contribution in [0.5, 0.6) is 5.75 Å². The molecule has 0 spiro atoms. The predicted octanol–water partition coefficient (Wildman–Crippen LogP) is 5.29. The van der Waals surface area contributed by atoms with E-state index in [1.54, 1.807) is 24.9 Å². The zero-order valence-electron chi connectivity index (χ0n) is 21.3. The van der Waals surface area contributed by atoms with Crippen molar-refractivity contribution in [2.24, 2.45) is 0 Å². The number of benzene rings is 2. The molecule has 7 heteroatoms. The third-order valence-corrected chi connectivity index (χ3v) is 6.26. The average molecular weight is 480 g/mol. The summed E-state index contributed by atoms with van der Waals surface area (Å²) in [7, 11) is 3.27. The van der Waals surface area contributed by atoms with Gasteiger partial charge in [-0.15, -0.1) is 0 Å². The first kappa shape index (κ1) is 26.4. The monoisotopic (exact) mass is 479 g/mol. The number of methoxy groups -OCH3 is 2. The van der Waals surface area contributed by atoms with Gasteiger partial charge >= 0.3 is 0 Å². The Morgan fingerprint density at radius 2 is 1.77 bits per heavy atom. The number of unbranched alkanes of at least 4 members (excludes halogenated alkanes) is 2. The topological polar surface area (TPSA) is 73.7 Å². The van der Waals surface area contributed by atoms with E-state index in [9.17, 15) is 9.59 Å². The summed E-state index contributed by atoms with van der Waals surface area (Å²) in [5.41, 5.74) is 1.17. The van der Waals surface area contributed by atoms with Crippen molar-refractivity contribution < 1.29 is 14.3 Å². The van der Waals surface area contributed by atoms with Crippen molar-refractivity contribution in [3.8, 4) is 11.4 Å². The first-order valence-corrected chi connectivity index (χ1v) is 12.5. The second kappa shape index (κ2) is 13.0. The summed E-state index contributed by atoms with van der Waals surface area (Å²) in [6.45, 7) is 5.27. The molecular weight excluding hydrogens is 442 g/mol. The van der Waals surface area contributed by atoms with Crippen molar-refractivity contribution in [1.82, 2.24) is 14.5 Å². The van der Waals surface area contributed by atoms with Gasteiger partial charge in [0.1, 0.15) is 11.6 Å². The van der Waals surface area contributed by atoms with Crippen LogP contribution in [0, 0.1) is 0 Å². The molecule has 1 unspecified atom stereocenters. The summed E-state index contributed by atoms with van der Waals surface area (Å²) in [6, 6.07) is 14.4. The minimum Gasteiger partial charge on any atom is -0.497 e. The molecule has 0 fully saturated rings. The Labute approximate surface area is 207 Å². The maximum Gasteiger partial charge on any atom is 0.266 e. The molecule has 2 aromatic carbocycles. The average Bonchev–Trinajstić information content (AvgIpc) is 2.88. The first-order valence-electron chi connectivity index (χ1n) is 12.5. The van der Waals surface area contributed by atoms with Gasteiger partial charge < -0.3 is 14.4 Å². The zero-order chi connectivity index (χ0) is 25.2. The van der Waals surface area contributed by atoms with Crippen molar-refractivity contribution in [1.29, 1.82) is 0 Å². The lowest BCUT2D eigenvalue weighted by Gasteiger charge is -2.32. The van der Waals surface area contributed by atoms with E-state index in [0.29, 0.717) is 60.6 Å². The molecule has 1 heterocycles. The van der Waals surface area contributed by atoms with E-state index >= 15 is 0 Å². The molecule has 1 aromatic heterocycles. The minimum atomic E-state index is -0.347. The highest BCUT2D eigenvalue weighted by molar-refractivity contribution is 5.79. The number of nitrogens with zero attached hydrogens (tertiary/aromatic N) is 3. The van der Waals surface area contributed by atoms with Crippen LogP contribution in [-0.4, -0.2) is 47.7 Å². The summed E-state index contributed by atoms with van der Waals surface area (Å²) in [4.78, 5) is 34.0. The lowest BCUT2D eigenvalue weighted by molar-refractivity contribution is -0.134. The van der Waals surface area contributed by atoms with Crippen LogP contribution in [-0.2, 0) is 9.53 Å². The van der Waals surface area contributed by atoms with Gasteiger partial charge in [0.25, 0.3) is 5.56 Å². The Hall–Kier alpha value is -3.19. The smallest absolute Gasteiger partial charge is 0.266 e. The number of amides is 1. The third-order valence-electron chi connectivity index (χ3n) is 6.26. The molecule has 0 bridgehead atoms. The number of hydrogen-bond acceptors (Lipinski definition) is 5. The van der Waals surface area contributed by atoms with Gasteiger partial charge in [-0.3, -0.25) is 14.2 Å². The summed E-state index contributed by atoms with van der Waals surface area (Å²) >= 11 is 0. The standard InChI is InChI=1S/C28H37N3O4/c1-5-7-8-14-26(32)30(19-11-20-34-3)25(6-2)27-29-24-13-10-9-12-23(24)28(33)31(27)21-15-17-22(35-4)18-16-21/h9-10,12-13,15-18,25H,5-8,11,14,19-20H2,1-4H3. The van der Waals surface area contributed by atoms with Gasteiger partial charge in [-0.1, -0.05) is 38.8 Å². The molecule has 3 aromatic rings. The van der Waals surface area contributed by atoms with Gasteiger partial charge in [0.2, 0.25) is 5.91 Å². The molecule has 0 radical (unpaired) electrons. The molecule has 0 aliphatic heterocycles. The molecule has 0 saturated heterocycles. The largest absolute Gasteiger partial charge is 0.497 e. The number of fused-ring (bicyclic) bond motifs is 1. The number of hydrogen-bond donors (Lipinski definition) is 0. The van der Waals surface area contributed by atoms with Crippen molar-refractivity contribution in [3.63, 3.8) is 0 Å². The van der Waals surface area contributed by atoms with E-state index in [1.807, 2.05) is 54.3 Å². The fourth-order valence-electron chi connectivity index (χ4n) is 4.40. The van der Waals surface area contributed by atoms with E-state index in [4.69, 9.17) is 14.5 Å². The van der Waals surface area contributed by atoms with Crippen molar-refractivity contribution in [3.05, 3.63) is 64.7 Å². The molecule has 0 N–H and O–H groups in total. The van der Waals surface area contributed by atoms with Gasteiger partial charge in [0.15, 0.2) is 0 Å². The second-order valence-corrected chi connectivity index (χ2v) is 8.64. The Morgan fingerprint density at radius 1 is 1.03 bits per heavy atom. The summed E-state index contributed by atoms with van der Waals surface area (Å²) in [5.74, 6) is 1.36. The highest BCUT2D eigenvalue weighted by Crippen LogP contribution is 2.28. The molecule has 3 rings (SSSR count). The van der Waals surface area contributed by atoms with Crippen LogP contribution in [0.25, 0.3) is 16.6 Å². The Morgan fingerprint density at radius 3 is 2.43 bits per heavy atom. The minimum absolute atomic E-state index is 0.0880. The Bertz CT molecular complexity index is 1160. The Balaban J connectivity index is 2.16. The van der Waals surface area contributed by atoms with Gasteiger partial charge in [-0.2, -0.15) is 0 Å². The van der Waals surface area contributed by atoms with Crippen molar-refractivity contribution >= 4 is 16.8 Å². The van der Waals surface area contributed by atoms with Gasteiger partial charge in [-0.25, -0.2) is 4.98 Å². The van der Waals surface area contributed by atoms with E-state index in [1.165, 1.54) is 0 Å². The van der Waals surface area contributed by atoms with Gasteiger partial charge in [0, 0.05) is 26.7 Å². The maximum atomic E-state index is 13.8. The Kier molecular flexibility index (Phi) is 9.85. The predicted molar refractivity (Wildman–Crippen MR) is 139 cm³/mol. The first-order chi connectivity index (χ1) is 17.0. The zero-order valence-corrected chi connectivity index (χ0v) is 21.3. The van der Waals surface area contributed by atoms with Crippen LogP contribution >= 0.6 is 0 Å². The number of carbonyl (C=O) groups is 1. The summed E-state index contributed by atoms with van der Waals surface area (Å²) in [6.07, 6.45) is 4.75. The number of rotatable bonds is 13. The normalized spacial score (nSPS) is 12.0. The molecule has 1 atom stereocenters. The summed E-state index contributed by atoms with van der Waals surface area (Å²) in [5, 5.41) is 0.544. The van der Waals surface area contributed by atoms with Gasteiger partial charge in [0.05, 0.1) is 29.7 Å². The van der Waals surface area contributed by atoms with Crippen LogP contribution in [0.3, 0.4) is 0 Å². The van der Waals surface area contributed by atoms with Crippen molar-refractivity contribution in [2.45, 2.75) is 58.4 Å². The van der Waals surface area contributed by atoms with E-state index < -0.39 is 0 Å². The van der Waals surface area contributed by atoms with Crippen LogP contribution in [0.2, 0.25) is 0 Å². The molecule has 0 aliphatic rings. The molecule has 35 heavy (non-hydrogen) atoms. The number of ether oxygens (including phenoxy) is 2. The van der Waals surface area contributed by atoms with Crippen LogP contribution in [0.1, 0.15) is 64.2 Å². The van der Waals surface area contributed by atoms with E-state index in [2.05, 4.69) is 6.92 Å². The van der Waals surface area contributed by atoms with Crippen molar-refractivity contribution in [2.75, 3.05) is 27.4 Å². The molecule has 0 aliphatic carbocycles. The third kappa shape index (κ3) is 6.28. The number of aromatic nitrogens is 2. The van der Waals surface area contributed by atoms with E-state index in [0.717, 1.165) is 19.3 Å². The highest BCUT2D eigenvalue weighted by Gasteiger charge is 2.28. The van der Waals surface area contributed by atoms with E-state index in [-0.39, 0.29) is 17.5 Å². The quantitative estimate of drug-likeness (QED) is 0.311. The molecule has 188 valence electrons. The summed E-state index contributed by atoms with van der Waals surface area (Å²) < 4.78 is 12.2. The molecular formula is C28H37N3O4. The molecule has 0 saturated carbocycles. The lowest BCUT2D eigenvalue weighted by Crippen LogP contribution is -2.39. The van der Waals surface area contributed by atoms with Crippen LogP contribution in [0.15, 0.2) is 53.3 Å². The molecule has 7 nitrogen and oxygen atoms in total. The maximum absolute atomic E-state index is 13.8. The van der Waals surface area contributed by atoms with Crippen LogP contribution < -0.4 is 10.3 Å². The SMILES string of the molecule is CCCCCC(=O)N(CCCOC)C(CC)c1nc2ccccc2c(=O)n1-c1ccc(OC)cc1. The molecule has 1 amide bonds. The highest BCUT2D eigenvalue weighted by atomic mass is 16.5. The number of carbonyl (C=O) groups excluding carboxylic acids is 1.